The number of carbonyl (C=O) groups excluding carboxylic acids is 1. The van der Waals surface area contributed by atoms with E-state index in [4.69, 9.17) is 20.3 Å². The fourth-order valence-electron chi connectivity index (χ4n) is 4.95. The number of aliphatic hydroxyl groups is 2. The first kappa shape index (κ1) is 28.2. The Morgan fingerprint density at radius 1 is 1.06 bits per heavy atom. The van der Waals surface area contributed by atoms with Crippen LogP contribution in [0.15, 0.2) is 17.1 Å². The van der Waals surface area contributed by atoms with E-state index in [2.05, 4.69) is 9.52 Å². The smallest absolute Gasteiger partial charge is 0.387 e. The number of phosphoric acid groups is 1. The summed E-state index contributed by atoms with van der Waals surface area (Å²) in [6, 6.07) is -0.710. The number of amides is 2. The maximum atomic E-state index is 13.0. The van der Waals surface area contributed by atoms with Crippen molar-refractivity contribution in [3.8, 4) is 0 Å². The Morgan fingerprint density at radius 2 is 1.71 bits per heavy atom. The molecule has 2 amide bonds. The summed E-state index contributed by atoms with van der Waals surface area (Å²) < 4.78 is 21.0. The molecule has 0 radical (unpaired) electrons. The van der Waals surface area contributed by atoms with Crippen LogP contribution >= 0.6 is 7.82 Å². The number of nitrogens with zero attached hydrogens (tertiary/aromatic N) is 2. The molecular weight excluding hydrogens is 477 g/mol. The number of hydrogen-bond donors (Lipinski definition) is 5. The second-order valence-electron chi connectivity index (χ2n) is 9.84. The summed E-state index contributed by atoms with van der Waals surface area (Å²) in [4.78, 5) is 36.0. The molecule has 0 aromatic rings. The van der Waals surface area contributed by atoms with Crippen molar-refractivity contribution in [2.75, 3.05) is 13.2 Å². The second kappa shape index (κ2) is 13.3. The molecule has 2 fully saturated rings. The molecule has 3 rings (SSSR count). The molecule has 200 valence electrons. The first-order valence-electron chi connectivity index (χ1n) is 12.7. The van der Waals surface area contributed by atoms with Crippen LogP contribution < -0.4 is 5.73 Å². The molecule has 11 nitrogen and oxygen atoms in total. The third-order valence-electron chi connectivity index (χ3n) is 7.05. The van der Waals surface area contributed by atoms with E-state index in [1.807, 2.05) is 6.08 Å². The number of phosphoric ester groups is 1. The number of aliphatic imine (C=N–C) groups is 1. The van der Waals surface area contributed by atoms with Gasteiger partial charge in [0.25, 0.3) is 0 Å². The molecular formula is C23H40N3O8P. The van der Waals surface area contributed by atoms with Gasteiger partial charge in [0, 0.05) is 6.54 Å². The van der Waals surface area contributed by atoms with Gasteiger partial charge in [-0.1, -0.05) is 51.0 Å². The molecule has 0 bridgehead atoms. The summed E-state index contributed by atoms with van der Waals surface area (Å²) >= 11 is 0. The molecule has 3 aliphatic rings. The zero-order valence-electron chi connectivity index (χ0n) is 20.2. The highest BCUT2D eigenvalue weighted by atomic mass is 31.2. The molecule has 35 heavy (non-hydrogen) atoms. The predicted octanol–water partition coefficient (Wildman–Crippen LogP) is 2.43. The van der Waals surface area contributed by atoms with E-state index in [1.165, 1.54) is 37.0 Å². The second-order valence-corrected chi connectivity index (χ2v) is 11.1. The zero-order valence-corrected chi connectivity index (χ0v) is 21.0. The molecule has 6 atom stereocenters. The Kier molecular flexibility index (Phi) is 10.7. The molecule has 2 heterocycles. The fraction of sp³-hybridized carbons (Fsp3) is 0.826. The highest BCUT2D eigenvalue weighted by molar-refractivity contribution is 7.46. The van der Waals surface area contributed by atoms with Crippen LogP contribution in [0, 0.1) is 11.8 Å². The van der Waals surface area contributed by atoms with Gasteiger partial charge in [-0.3, -0.25) is 9.42 Å². The number of allylic oxidation sites excluding steroid dienone is 1. The van der Waals surface area contributed by atoms with Crippen molar-refractivity contribution in [2.24, 2.45) is 22.6 Å². The monoisotopic (exact) mass is 517 g/mol. The molecule has 6 N–H and O–H groups in total. The van der Waals surface area contributed by atoms with E-state index < -0.39 is 45.0 Å². The van der Waals surface area contributed by atoms with Gasteiger partial charge in [-0.2, -0.15) is 4.99 Å². The van der Waals surface area contributed by atoms with E-state index in [9.17, 15) is 19.6 Å². The molecule has 0 aromatic carbocycles. The number of ether oxygens (including phenoxy) is 1. The fourth-order valence-corrected chi connectivity index (χ4v) is 5.29. The van der Waals surface area contributed by atoms with Crippen LogP contribution in [0.1, 0.15) is 70.6 Å². The van der Waals surface area contributed by atoms with Gasteiger partial charge in [0.15, 0.2) is 6.23 Å². The Bertz CT molecular complexity index is 804. The summed E-state index contributed by atoms with van der Waals surface area (Å²) in [7, 11) is -4.79. The van der Waals surface area contributed by atoms with Gasteiger partial charge in [0.05, 0.1) is 6.61 Å². The summed E-state index contributed by atoms with van der Waals surface area (Å²) in [5.74, 6) is 1.82. The highest BCUT2D eigenvalue weighted by Gasteiger charge is 2.47. The van der Waals surface area contributed by atoms with Gasteiger partial charge in [0.2, 0.25) is 0 Å². The minimum Gasteiger partial charge on any atom is -0.387 e. The number of nitrogens with two attached hydrogens (primary N) is 1. The van der Waals surface area contributed by atoms with Crippen molar-refractivity contribution >= 4 is 19.7 Å². The number of amidine groups is 1. The maximum absolute atomic E-state index is 13.0. The van der Waals surface area contributed by atoms with E-state index in [1.54, 1.807) is 6.08 Å². The Morgan fingerprint density at radius 3 is 2.43 bits per heavy atom. The van der Waals surface area contributed by atoms with Crippen molar-refractivity contribution in [2.45, 2.75) is 95.2 Å². The van der Waals surface area contributed by atoms with Crippen molar-refractivity contribution in [1.82, 2.24) is 4.90 Å². The van der Waals surface area contributed by atoms with Gasteiger partial charge in [-0.25, -0.2) is 9.36 Å². The summed E-state index contributed by atoms with van der Waals surface area (Å²) in [6.07, 6.45) is 9.97. The largest absolute Gasteiger partial charge is 0.469 e. The van der Waals surface area contributed by atoms with E-state index in [0.717, 1.165) is 43.9 Å². The molecule has 12 heteroatoms. The van der Waals surface area contributed by atoms with Crippen LogP contribution in [0.2, 0.25) is 0 Å². The van der Waals surface area contributed by atoms with Gasteiger partial charge < -0.3 is 30.5 Å². The van der Waals surface area contributed by atoms with Gasteiger partial charge >= 0.3 is 13.9 Å². The predicted molar refractivity (Wildman–Crippen MR) is 129 cm³/mol. The number of urea groups is 1. The molecule has 0 aromatic heterocycles. The molecule has 0 spiro atoms. The summed E-state index contributed by atoms with van der Waals surface area (Å²) in [5.41, 5.74) is 5.93. The van der Waals surface area contributed by atoms with E-state index >= 15 is 0 Å². The van der Waals surface area contributed by atoms with Crippen molar-refractivity contribution in [3.05, 3.63) is 12.2 Å². The Labute approximate surface area is 206 Å². The van der Waals surface area contributed by atoms with E-state index in [-0.39, 0.29) is 12.4 Å². The van der Waals surface area contributed by atoms with Gasteiger partial charge in [-0.15, -0.1) is 0 Å². The Balaban J connectivity index is 1.65. The lowest BCUT2D eigenvalue weighted by Gasteiger charge is -2.29. The van der Waals surface area contributed by atoms with Crippen molar-refractivity contribution in [3.63, 3.8) is 0 Å². The number of rotatable bonds is 4. The maximum Gasteiger partial charge on any atom is 0.469 e. The minimum atomic E-state index is -4.79. The first-order valence-corrected chi connectivity index (χ1v) is 14.2. The van der Waals surface area contributed by atoms with Crippen LogP contribution in [0.3, 0.4) is 0 Å². The molecule has 2 aliphatic heterocycles. The number of fused-ring (bicyclic) bond motifs is 1. The topological polar surface area (TPSA) is 175 Å². The molecule has 1 saturated carbocycles. The van der Waals surface area contributed by atoms with Crippen molar-refractivity contribution < 1.29 is 38.6 Å². The van der Waals surface area contributed by atoms with Crippen molar-refractivity contribution in [1.29, 1.82) is 0 Å². The van der Waals surface area contributed by atoms with Crippen LogP contribution in [0.4, 0.5) is 4.79 Å². The Hall–Kier alpha value is -1.33. The zero-order chi connectivity index (χ0) is 25.4. The lowest BCUT2D eigenvalue weighted by atomic mass is 10.0. The quantitative estimate of drug-likeness (QED) is 0.351. The lowest BCUT2D eigenvalue weighted by Crippen LogP contribution is -2.47. The number of aliphatic hydroxyl groups excluding tert-OH is 2. The summed E-state index contributed by atoms with van der Waals surface area (Å²) in [6.45, 7) is -0.415. The van der Waals surface area contributed by atoms with Crippen LogP contribution in [-0.4, -0.2) is 74.5 Å². The normalized spacial score (nSPS) is 36.9. The minimum absolute atomic E-state index is 0.0367. The molecule has 1 aliphatic carbocycles. The summed E-state index contributed by atoms with van der Waals surface area (Å²) in [5, 5.41) is 20.8. The third kappa shape index (κ3) is 9.24. The lowest BCUT2D eigenvalue weighted by molar-refractivity contribution is -0.0777. The average molecular weight is 518 g/mol. The highest BCUT2D eigenvalue weighted by Crippen LogP contribution is 2.45. The molecule has 1 saturated heterocycles. The third-order valence-corrected chi connectivity index (χ3v) is 7.53. The number of carbonyl (C=O) groups is 1. The SMILES string of the molecule is NC1=N/C(=O)N(C2OC(COP(=O)(O)O)C(O)C2O)CCCCCCCC2CC2CCCC\C=C\1. The first-order chi connectivity index (χ1) is 16.7. The van der Waals surface area contributed by atoms with Crippen LogP contribution in [-0.2, 0) is 13.8 Å². The number of hydrogen-bond acceptors (Lipinski definition) is 7. The van der Waals surface area contributed by atoms with Crippen LogP contribution in [0.25, 0.3) is 0 Å². The van der Waals surface area contributed by atoms with Gasteiger partial charge in [0.1, 0.15) is 24.1 Å². The van der Waals surface area contributed by atoms with Crippen LogP contribution in [0.5, 0.6) is 0 Å². The average Bonchev–Trinajstić information content (AvgIpc) is 3.48. The van der Waals surface area contributed by atoms with Gasteiger partial charge in [-0.05, 0) is 43.6 Å². The standard InChI is InChI=1S/C23H40N3O8P/c24-19-12-8-4-3-7-11-17-14-16(17)10-6-2-1-5-9-13-26(23(29)25-19)22-21(28)20(27)18(34-22)15-33-35(30,31)32/h8,12,16-18,20-22,27-28H,1-7,9-11,13-15H2,(H2,24,25,29)(H2,30,31,32)/b12-8+. The molecule has 6 unspecified atom stereocenters. The van der Waals surface area contributed by atoms with E-state index in [0.29, 0.717) is 6.42 Å².